The zero-order valence-electron chi connectivity index (χ0n) is 14.3. The molecule has 0 aliphatic carbocycles. The monoisotopic (exact) mass is 368 g/mol. The van der Waals surface area contributed by atoms with E-state index >= 15 is 0 Å². The number of rotatable bonds is 3. The Morgan fingerprint density at radius 2 is 1.96 bits per heavy atom. The molecule has 7 heteroatoms. The van der Waals surface area contributed by atoms with Crippen LogP contribution < -0.4 is 19.1 Å². The second-order valence-electron chi connectivity index (χ2n) is 5.80. The van der Waals surface area contributed by atoms with Gasteiger partial charge in [-0.05, 0) is 48.1 Å². The van der Waals surface area contributed by atoms with Gasteiger partial charge in [-0.3, -0.25) is 9.69 Å². The SMILES string of the molecule is COc1cc(/C=C2\C(=O)N(c3ccccc3)C(=S)N2C)cc2c1OCO2. The Balaban J connectivity index is 1.74. The maximum atomic E-state index is 13.0. The van der Waals surface area contributed by atoms with Gasteiger partial charge in [0.25, 0.3) is 5.91 Å². The van der Waals surface area contributed by atoms with Crippen molar-refractivity contribution in [2.45, 2.75) is 0 Å². The average Bonchev–Trinajstić information content (AvgIpc) is 3.21. The van der Waals surface area contributed by atoms with E-state index in [9.17, 15) is 4.79 Å². The highest BCUT2D eigenvalue weighted by Gasteiger charge is 2.36. The summed E-state index contributed by atoms with van der Waals surface area (Å²) in [6, 6.07) is 13.0. The topological polar surface area (TPSA) is 51.2 Å². The number of fused-ring (bicyclic) bond motifs is 1. The Morgan fingerprint density at radius 3 is 2.69 bits per heavy atom. The molecule has 26 heavy (non-hydrogen) atoms. The molecule has 1 amide bonds. The summed E-state index contributed by atoms with van der Waals surface area (Å²) in [6.07, 6.45) is 1.77. The van der Waals surface area contributed by atoms with Gasteiger partial charge in [-0.15, -0.1) is 0 Å². The van der Waals surface area contributed by atoms with Gasteiger partial charge >= 0.3 is 0 Å². The third-order valence-corrected chi connectivity index (χ3v) is 4.72. The number of ether oxygens (including phenoxy) is 3. The zero-order chi connectivity index (χ0) is 18.3. The smallest absolute Gasteiger partial charge is 0.281 e. The molecule has 0 aromatic heterocycles. The van der Waals surface area contributed by atoms with Crippen molar-refractivity contribution in [3.8, 4) is 17.2 Å². The molecular weight excluding hydrogens is 352 g/mol. The van der Waals surface area contributed by atoms with Crippen LogP contribution in [0.2, 0.25) is 0 Å². The van der Waals surface area contributed by atoms with Crippen LogP contribution in [0.15, 0.2) is 48.2 Å². The van der Waals surface area contributed by atoms with Gasteiger partial charge < -0.3 is 19.1 Å². The van der Waals surface area contributed by atoms with Crippen molar-refractivity contribution in [3.05, 3.63) is 53.7 Å². The number of benzene rings is 2. The average molecular weight is 368 g/mol. The highest BCUT2D eigenvalue weighted by molar-refractivity contribution is 7.80. The molecule has 1 saturated heterocycles. The summed E-state index contributed by atoms with van der Waals surface area (Å²) in [6.45, 7) is 0.149. The second kappa shape index (κ2) is 6.34. The van der Waals surface area contributed by atoms with Crippen LogP contribution in [0.1, 0.15) is 5.56 Å². The second-order valence-corrected chi connectivity index (χ2v) is 6.17. The lowest BCUT2D eigenvalue weighted by Gasteiger charge is -2.16. The molecule has 1 fully saturated rings. The van der Waals surface area contributed by atoms with E-state index in [0.717, 1.165) is 11.3 Å². The van der Waals surface area contributed by atoms with Crippen LogP contribution in [0.3, 0.4) is 0 Å². The number of methoxy groups -OCH3 is 1. The first-order chi connectivity index (χ1) is 12.6. The molecule has 0 bridgehead atoms. The summed E-state index contributed by atoms with van der Waals surface area (Å²) in [5, 5.41) is 0.431. The van der Waals surface area contributed by atoms with Crippen LogP contribution in [0, 0.1) is 0 Å². The number of hydrogen-bond acceptors (Lipinski definition) is 5. The highest BCUT2D eigenvalue weighted by atomic mass is 32.1. The maximum absolute atomic E-state index is 13.0. The molecule has 132 valence electrons. The van der Waals surface area contributed by atoms with Crippen molar-refractivity contribution >= 4 is 35.0 Å². The number of carbonyl (C=O) groups excluding carboxylic acids is 1. The zero-order valence-corrected chi connectivity index (χ0v) is 15.1. The molecule has 2 aliphatic rings. The van der Waals surface area contributed by atoms with E-state index in [4.69, 9.17) is 26.4 Å². The Bertz CT molecular complexity index is 927. The first-order valence-electron chi connectivity index (χ1n) is 7.96. The van der Waals surface area contributed by atoms with Crippen LogP contribution in [-0.4, -0.2) is 36.9 Å². The van der Waals surface area contributed by atoms with E-state index in [0.29, 0.717) is 28.1 Å². The Morgan fingerprint density at radius 1 is 1.19 bits per heavy atom. The predicted octanol–water partition coefficient (Wildman–Crippen LogP) is 3.03. The van der Waals surface area contributed by atoms with E-state index in [1.165, 1.54) is 4.90 Å². The van der Waals surface area contributed by atoms with Gasteiger partial charge in [0.2, 0.25) is 12.5 Å². The molecule has 0 N–H and O–H groups in total. The lowest BCUT2D eigenvalue weighted by molar-refractivity contribution is -0.114. The van der Waals surface area contributed by atoms with Gasteiger partial charge in [0, 0.05) is 7.05 Å². The number of hydrogen-bond donors (Lipinski definition) is 0. The molecule has 0 saturated carbocycles. The van der Waals surface area contributed by atoms with Gasteiger partial charge in [-0.1, -0.05) is 18.2 Å². The van der Waals surface area contributed by atoms with Crippen molar-refractivity contribution in [3.63, 3.8) is 0 Å². The standard InChI is InChI=1S/C19H16N2O4S/c1-20-14(18(22)21(19(20)26)13-6-4-3-5-7-13)8-12-9-15(23-2)17-16(10-12)24-11-25-17/h3-10H,11H2,1-2H3/b14-8+. The number of carbonyl (C=O) groups is 1. The summed E-state index contributed by atoms with van der Waals surface area (Å²) in [5.41, 5.74) is 1.97. The third kappa shape index (κ3) is 2.57. The summed E-state index contributed by atoms with van der Waals surface area (Å²) >= 11 is 5.46. The molecule has 4 rings (SSSR count). The third-order valence-electron chi connectivity index (χ3n) is 4.26. The summed E-state index contributed by atoms with van der Waals surface area (Å²) < 4.78 is 16.2. The van der Waals surface area contributed by atoms with E-state index in [2.05, 4.69) is 0 Å². The number of likely N-dealkylation sites (N-methyl/N-ethyl adjacent to an activating group) is 1. The van der Waals surface area contributed by atoms with Crippen LogP contribution in [0.4, 0.5) is 5.69 Å². The van der Waals surface area contributed by atoms with Gasteiger partial charge in [-0.25, -0.2) is 0 Å². The molecule has 6 nitrogen and oxygen atoms in total. The van der Waals surface area contributed by atoms with E-state index in [1.807, 2.05) is 36.4 Å². The van der Waals surface area contributed by atoms with Crippen LogP contribution in [-0.2, 0) is 4.79 Å². The number of nitrogens with zero attached hydrogens (tertiary/aromatic N) is 2. The van der Waals surface area contributed by atoms with Crippen molar-refractivity contribution in [1.29, 1.82) is 0 Å². The van der Waals surface area contributed by atoms with E-state index < -0.39 is 0 Å². The fraction of sp³-hybridized carbons (Fsp3) is 0.158. The molecule has 0 atom stereocenters. The van der Waals surface area contributed by atoms with Crippen molar-refractivity contribution in [2.24, 2.45) is 0 Å². The highest BCUT2D eigenvalue weighted by Crippen LogP contribution is 2.42. The molecule has 2 heterocycles. The van der Waals surface area contributed by atoms with Crippen LogP contribution in [0.25, 0.3) is 6.08 Å². The number of amides is 1. The molecule has 0 unspecified atom stereocenters. The molecule has 2 aromatic rings. The fourth-order valence-corrected chi connectivity index (χ4v) is 3.24. The number of para-hydroxylation sites is 1. The minimum atomic E-state index is -0.180. The predicted molar refractivity (Wildman–Crippen MR) is 101 cm³/mol. The molecule has 0 radical (unpaired) electrons. The van der Waals surface area contributed by atoms with Gasteiger partial charge in [0.1, 0.15) is 5.70 Å². The van der Waals surface area contributed by atoms with E-state index in [-0.39, 0.29) is 12.7 Å². The lowest BCUT2D eigenvalue weighted by Crippen LogP contribution is -2.30. The van der Waals surface area contributed by atoms with Crippen molar-refractivity contribution in [2.75, 3.05) is 25.9 Å². The minimum absolute atomic E-state index is 0.149. The van der Waals surface area contributed by atoms with Gasteiger partial charge in [0.15, 0.2) is 16.6 Å². The lowest BCUT2D eigenvalue weighted by atomic mass is 10.1. The Labute approximate surface area is 156 Å². The summed E-state index contributed by atoms with van der Waals surface area (Å²) in [5.74, 6) is 1.54. The first kappa shape index (κ1) is 16.4. The quantitative estimate of drug-likeness (QED) is 0.613. The van der Waals surface area contributed by atoms with Crippen molar-refractivity contribution in [1.82, 2.24) is 4.90 Å². The van der Waals surface area contributed by atoms with Crippen molar-refractivity contribution < 1.29 is 19.0 Å². The Kier molecular flexibility index (Phi) is 4.00. The largest absolute Gasteiger partial charge is 0.493 e. The van der Waals surface area contributed by atoms with Crippen LogP contribution in [0.5, 0.6) is 17.2 Å². The maximum Gasteiger partial charge on any atom is 0.281 e. The minimum Gasteiger partial charge on any atom is -0.493 e. The summed E-state index contributed by atoms with van der Waals surface area (Å²) in [7, 11) is 3.34. The normalized spacial score (nSPS) is 17.4. The number of thiocarbonyl (C=S) groups is 1. The first-order valence-corrected chi connectivity index (χ1v) is 8.37. The molecule has 2 aromatic carbocycles. The molecular formula is C19H16N2O4S. The Hall–Kier alpha value is -3.06. The van der Waals surface area contributed by atoms with E-state index in [1.54, 1.807) is 31.2 Å². The van der Waals surface area contributed by atoms with Gasteiger partial charge in [-0.2, -0.15) is 0 Å². The summed E-state index contributed by atoms with van der Waals surface area (Å²) in [4.78, 5) is 16.2. The number of anilines is 1. The fourth-order valence-electron chi connectivity index (χ4n) is 2.95. The molecule has 2 aliphatic heterocycles. The molecule has 0 spiro atoms. The van der Waals surface area contributed by atoms with Gasteiger partial charge in [0.05, 0.1) is 12.8 Å². The van der Waals surface area contributed by atoms with Crippen LogP contribution >= 0.6 is 12.2 Å².